The number of piperidine rings is 1. The molecule has 1 amide bonds. The third-order valence-electron chi connectivity index (χ3n) is 4.08. The summed E-state index contributed by atoms with van der Waals surface area (Å²) in [6.45, 7) is 2.70. The monoisotopic (exact) mass is 314 g/mol. The SMILES string of the molecule is CC1CC(C(=O)O)CN(C(=O)c2cc(-c3ccccc3)on2)C1. The van der Waals surface area contributed by atoms with Crippen molar-refractivity contribution in [1.82, 2.24) is 10.1 Å². The Morgan fingerprint density at radius 1 is 1.26 bits per heavy atom. The lowest BCUT2D eigenvalue weighted by molar-refractivity contribution is -0.143. The van der Waals surface area contributed by atoms with E-state index in [0.717, 1.165) is 5.56 Å². The summed E-state index contributed by atoms with van der Waals surface area (Å²) in [5, 5.41) is 13.1. The van der Waals surface area contributed by atoms with Crippen LogP contribution in [0.1, 0.15) is 23.8 Å². The van der Waals surface area contributed by atoms with Gasteiger partial charge in [0, 0.05) is 24.7 Å². The largest absolute Gasteiger partial charge is 0.481 e. The Hall–Kier alpha value is -2.63. The molecule has 3 rings (SSSR count). The Labute approximate surface area is 133 Å². The Morgan fingerprint density at radius 2 is 2.00 bits per heavy atom. The molecule has 2 aromatic rings. The summed E-state index contributed by atoms with van der Waals surface area (Å²) >= 11 is 0. The van der Waals surface area contributed by atoms with Crippen molar-refractivity contribution >= 4 is 11.9 Å². The molecule has 0 spiro atoms. The van der Waals surface area contributed by atoms with Crippen molar-refractivity contribution in [1.29, 1.82) is 0 Å². The second-order valence-electron chi connectivity index (χ2n) is 6.03. The number of aliphatic carboxylic acids is 1. The van der Waals surface area contributed by atoms with Gasteiger partial charge in [0.25, 0.3) is 5.91 Å². The van der Waals surface area contributed by atoms with Crippen molar-refractivity contribution in [3.8, 4) is 11.3 Å². The van der Waals surface area contributed by atoms with Gasteiger partial charge in [-0.2, -0.15) is 0 Å². The first-order valence-corrected chi connectivity index (χ1v) is 7.59. The minimum absolute atomic E-state index is 0.147. The zero-order valence-electron chi connectivity index (χ0n) is 12.8. The molecule has 1 aliphatic rings. The third kappa shape index (κ3) is 3.26. The molecule has 0 saturated carbocycles. The van der Waals surface area contributed by atoms with Crippen molar-refractivity contribution in [2.45, 2.75) is 13.3 Å². The average Bonchev–Trinajstić information content (AvgIpc) is 3.04. The van der Waals surface area contributed by atoms with E-state index in [-0.39, 0.29) is 24.1 Å². The lowest BCUT2D eigenvalue weighted by Crippen LogP contribution is -2.45. The van der Waals surface area contributed by atoms with Gasteiger partial charge in [-0.1, -0.05) is 42.4 Å². The zero-order valence-corrected chi connectivity index (χ0v) is 12.8. The highest BCUT2D eigenvalue weighted by Gasteiger charge is 2.33. The van der Waals surface area contributed by atoms with Crippen molar-refractivity contribution in [2.24, 2.45) is 11.8 Å². The van der Waals surface area contributed by atoms with Crippen LogP contribution in [0, 0.1) is 11.8 Å². The van der Waals surface area contributed by atoms with E-state index in [0.29, 0.717) is 18.7 Å². The molecule has 2 atom stereocenters. The van der Waals surface area contributed by atoms with Gasteiger partial charge in [0.05, 0.1) is 5.92 Å². The number of nitrogens with zero attached hydrogens (tertiary/aromatic N) is 2. The van der Waals surface area contributed by atoms with Gasteiger partial charge < -0.3 is 14.5 Å². The van der Waals surface area contributed by atoms with Crippen LogP contribution in [0.3, 0.4) is 0 Å². The van der Waals surface area contributed by atoms with Crippen molar-refractivity contribution in [2.75, 3.05) is 13.1 Å². The van der Waals surface area contributed by atoms with Gasteiger partial charge in [-0.05, 0) is 12.3 Å². The highest BCUT2D eigenvalue weighted by molar-refractivity contribution is 5.93. The lowest BCUT2D eigenvalue weighted by atomic mass is 9.90. The number of carbonyl (C=O) groups excluding carboxylic acids is 1. The molecule has 1 saturated heterocycles. The topological polar surface area (TPSA) is 83.6 Å². The van der Waals surface area contributed by atoms with Gasteiger partial charge in [0.15, 0.2) is 11.5 Å². The number of carbonyl (C=O) groups is 2. The summed E-state index contributed by atoms with van der Waals surface area (Å²) in [5.74, 6) is -1.00. The van der Waals surface area contributed by atoms with E-state index in [1.54, 1.807) is 11.0 Å². The number of carboxylic acids is 1. The quantitative estimate of drug-likeness (QED) is 0.941. The molecule has 2 heterocycles. The summed E-state index contributed by atoms with van der Waals surface area (Å²) in [6, 6.07) is 11.0. The van der Waals surface area contributed by atoms with Gasteiger partial charge in [-0.25, -0.2) is 0 Å². The summed E-state index contributed by atoms with van der Waals surface area (Å²) in [7, 11) is 0. The molecule has 0 aliphatic carbocycles. The number of carboxylic acid groups (broad SMARTS) is 1. The van der Waals surface area contributed by atoms with Crippen LogP contribution in [-0.2, 0) is 4.79 Å². The summed E-state index contributed by atoms with van der Waals surface area (Å²) in [4.78, 5) is 25.3. The number of hydrogen-bond acceptors (Lipinski definition) is 4. The minimum Gasteiger partial charge on any atom is -0.481 e. The van der Waals surface area contributed by atoms with Crippen molar-refractivity contribution in [3.05, 3.63) is 42.1 Å². The molecular formula is C17H18N2O4. The Bertz CT molecular complexity index is 710. The van der Waals surface area contributed by atoms with Gasteiger partial charge in [-0.15, -0.1) is 0 Å². The van der Waals surface area contributed by atoms with Crippen LogP contribution in [0.5, 0.6) is 0 Å². The highest BCUT2D eigenvalue weighted by atomic mass is 16.5. The molecule has 1 aliphatic heterocycles. The number of hydrogen-bond donors (Lipinski definition) is 1. The smallest absolute Gasteiger partial charge is 0.308 e. The first-order valence-electron chi connectivity index (χ1n) is 7.59. The number of likely N-dealkylation sites (tertiary alicyclic amines) is 1. The Kier molecular flexibility index (Phi) is 4.14. The molecular weight excluding hydrogens is 296 g/mol. The molecule has 1 aromatic carbocycles. The molecule has 23 heavy (non-hydrogen) atoms. The molecule has 6 nitrogen and oxygen atoms in total. The van der Waals surface area contributed by atoms with Crippen LogP contribution < -0.4 is 0 Å². The first-order chi connectivity index (χ1) is 11.0. The molecule has 6 heteroatoms. The highest BCUT2D eigenvalue weighted by Crippen LogP contribution is 2.25. The Balaban J connectivity index is 1.78. The molecule has 1 fully saturated rings. The number of rotatable bonds is 3. The number of aromatic nitrogens is 1. The normalized spacial score (nSPS) is 21.2. The van der Waals surface area contributed by atoms with Crippen LogP contribution in [0.25, 0.3) is 11.3 Å². The predicted octanol–water partition coefficient (Wildman–Crippen LogP) is 2.52. The predicted molar refractivity (Wildman–Crippen MR) is 82.7 cm³/mol. The maximum absolute atomic E-state index is 12.6. The lowest BCUT2D eigenvalue weighted by Gasteiger charge is -2.34. The average molecular weight is 314 g/mol. The third-order valence-corrected chi connectivity index (χ3v) is 4.08. The Morgan fingerprint density at radius 3 is 2.70 bits per heavy atom. The summed E-state index contributed by atoms with van der Waals surface area (Å²) in [5.41, 5.74) is 1.05. The van der Waals surface area contributed by atoms with Gasteiger partial charge in [-0.3, -0.25) is 9.59 Å². The fourth-order valence-corrected chi connectivity index (χ4v) is 2.97. The molecule has 0 radical (unpaired) electrons. The van der Waals surface area contributed by atoms with E-state index >= 15 is 0 Å². The van der Waals surface area contributed by atoms with E-state index in [9.17, 15) is 14.7 Å². The second-order valence-corrected chi connectivity index (χ2v) is 6.03. The van der Waals surface area contributed by atoms with Crippen LogP contribution >= 0.6 is 0 Å². The summed E-state index contributed by atoms with van der Waals surface area (Å²) < 4.78 is 5.25. The molecule has 120 valence electrons. The molecule has 1 N–H and O–H groups in total. The minimum atomic E-state index is -0.862. The maximum atomic E-state index is 12.6. The van der Waals surface area contributed by atoms with Crippen molar-refractivity contribution < 1.29 is 19.2 Å². The van der Waals surface area contributed by atoms with E-state index in [1.807, 2.05) is 37.3 Å². The fraction of sp³-hybridized carbons (Fsp3) is 0.353. The second kappa shape index (κ2) is 6.24. The fourth-order valence-electron chi connectivity index (χ4n) is 2.97. The van der Waals surface area contributed by atoms with E-state index in [1.165, 1.54) is 0 Å². The number of amides is 1. The molecule has 2 unspecified atom stereocenters. The van der Waals surface area contributed by atoms with Crippen LogP contribution in [-0.4, -0.2) is 40.1 Å². The van der Waals surface area contributed by atoms with Gasteiger partial charge in [0.1, 0.15) is 0 Å². The van der Waals surface area contributed by atoms with Gasteiger partial charge >= 0.3 is 5.97 Å². The van der Waals surface area contributed by atoms with Crippen LogP contribution in [0.4, 0.5) is 0 Å². The molecule has 1 aromatic heterocycles. The van der Waals surface area contributed by atoms with E-state index in [2.05, 4.69) is 5.16 Å². The standard InChI is InChI=1S/C17H18N2O4/c1-11-7-13(17(21)22)10-19(9-11)16(20)14-8-15(23-18-14)12-5-3-2-4-6-12/h2-6,8,11,13H,7,9-10H2,1H3,(H,21,22). The van der Waals surface area contributed by atoms with Crippen LogP contribution in [0.15, 0.2) is 40.9 Å². The van der Waals surface area contributed by atoms with Gasteiger partial charge in [0.2, 0.25) is 0 Å². The zero-order chi connectivity index (χ0) is 16.4. The molecule has 0 bridgehead atoms. The number of benzene rings is 1. The maximum Gasteiger partial charge on any atom is 0.308 e. The van der Waals surface area contributed by atoms with Crippen molar-refractivity contribution in [3.63, 3.8) is 0 Å². The van der Waals surface area contributed by atoms with E-state index in [4.69, 9.17) is 4.52 Å². The van der Waals surface area contributed by atoms with Crippen LogP contribution in [0.2, 0.25) is 0 Å². The van der Waals surface area contributed by atoms with E-state index < -0.39 is 11.9 Å². The summed E-state index contributed by atoms with van der Waals surface area (Å²) in [6.07, 6.45) is 0.590. The first kappa shape index (κ1) is 15.3.